The molecule has 1 aromatic heterocycles. The zero-order valence-electron chi connectivity index (χ0n) is 15.6. The molecule has 164 valence electrons. The average molecular weight is 510 g/mol. The lowest BCUT2D eigenvalue weighted by Crippen LogP contribution is -2.33. The zero-order valence-corrected chi connectivity index (χ0v) is 19.6. The Morgan fingerprint density at radius 2 is 1.93 bits per heavy atom. The second-order valence-electron chi connectivity index (χ2n) is 5.74. The summed E-state index contributed by atoms with van der Waals surface area (Å²) >= 11 is 7.00. The maximum atomic E-state index is 12.1. The van der Waals surface area contributed by atoms with Crippen LogP contribution in [0.4, 0.5) is 0 Å². The fraction of sp³-hybridized carbons (Fsp3) is 0.294. The highest BCUT2D eigenvalue weighted by molar-refractivity contribution is 8.76. The summed E-state index contributed by atoms with van der Waals surface area (Å²) in [5.74, 6) is 0.601. The number of oxime groups is 1. The first-order valence-corrected chi connectivity index (χ1v) is 13.8. The number of phenols is 1. The van der Waals surface area contributed by atoms with Gasteiger partial charge in [0.1, 0.15) is 15.7 Å². The van der Waals surface area contributed by atoms with Crippen LogP contribution in [-0.4, -0.2) is 54.9 Å². The molecular weight excluding hydrogens is 490 g/mol. The van der Waals surface area contributed by atoms with Crippen molar-refractivity contribution in [3.8, 4) is 5.75 Å². The molecule has 1 amide bonds. The highest BCUT2D eigenvalue weighted by Crippen LogP contribution is 2.24. The second kappa shape index (κ2) is 12.4. The van der Waals surface area contributed by atoms with E-state index in [0.29, 0.717) is 34.4 Å². The number of carbonyl (C=O) groups is 1. The van der Waals surface area contributed by atoms with E-state index < -0.39 is 15.9 Å². The lowest BCUT2D eigenvalue weighted by molar-refractivity contribution is -0.114. The maximum Gasteiger partial charge on any atom is 0.269 e. The van der Waals surface area contributed by atoms with E-state index in [-0.39, 0.29) is 22.9 Å². The SMILES string of the molecule is O=C(NCCSSCCNS(=O)(=O)c1cccs1)/C(Cc1ccc(O)c(Cl)c1)=N/O. The van der Waals surface area contributed by atoms with Crippen molar-refractivity contribution in [3.05, 3.63) is 46.3 Å². The third-order valence-electron chi connectivity index (χ3n) is 3.56. The predicted octanol–water partition coefficient (Wildman–Crippen LogP) is 2.96. The van der Waals surface area contributed by atoms with Gasteiger partial charge in [-0.15, -0.1) is 11.3 Å². The number of hydrogen-bond donors (Lipinski definition) is 4. The number of rotatable bonds is 12. The molecular formula is C17H20ClN3O5S4. The zero-order chi connectivity index (χ0) is 22.0. The van der Waals surface area contributed by atoms with Gasteiger partial charge in [-0.25, -0.2) is 13.1 Å². The Hall–Kier alpha value is -1.44. The van der Waals surface area contributed by atoms with E-state index >= 15 is 0 Å². The number of benzene rings is 1. The fourth-order valence-electron chi connectivity index (χ4n) is 2.15. The van der Waals surface area contributed by atoms with E-state index in [2.05, 4.69) is 15.2 Å². The van der Waals surface area contributed by atoms with Crippen LogP contribution in [0.15, 0.2) is 45.1 Å². The first kappa shape index (κ1) is 24.8. The van der Waals surface area contributed by atoms with Gasteiger partial charge in [0.2, 0.25) is 10.0 Å². The van der Waals surface area contributed by atoms with Crippen LogP contribution in [0.1, 0.15) is 5.56 Å². The van der Waals surface area contributed by atoms with Crippen LogP contribution in [0, 0.1) is 0 Å². The number of carbonyl (C=O) groups excluding carboxylic acids is 1. The van der Waals surface area contributed by atoms with E-state index in [1.54, 1.807) is 23.6 Å². The molecule has 0 aliphatic heterocycles. The molecule has 0 spiro atoms. The monoisotopic (exact) mass is 509 g/mol. The Kier molecular flexibility index (Phi) is 10.3. The quantitative estimate of drug-likeness (QED) is 0.114. The molecule has 0 unspecified atom stereocenters. The minimum absolute atomic E-state index is 0.0641. The number of nitrogens with one attached hydrogen (secondary N) is 2. The van der Waals surface area contributed by atoms with Crippen LogP contribution >= 0.6 is 44.5 Å². The van der Waals surface area contributed by atoms with E-state index in [4.69, 9.17) is 16.8 Å². The molecule has 2 aromatic rings. The number of sulfonamides is 1. The number of phenolic OH excluding ortho intramolecular Hbond substituents is 1. The molecule has 0 saturated heterocycles. The van der Waals surface area contributed by atoms with Gasteiger partial charge in [0, 0.05) is 31.0 Å². The normalized spacial score (nSPS) is 12.1. The van der Waals surface area contributed by atoms with Gasteiger partial charge in [0.05, 0.1) is 5.02 Å². The van der Waals surface area contributed by atoms with E-state index in [1.165, 1.54) is 45.1 Å². The van der Waals surface area contributed by atoms with Crippen LogP contribution in [-0.2, 0) is 21.2 Å². The standard InChI is InChI=1S/C17H20ClN3O5S4/c18-13-10-12(3-4-15(13)22)11-14(21-24)17(23)19-5-8-28-29-9-6-20-30(25,26)16-2-1-7-27-16/h1-4,7,10,20,22,24H,5-6,8-9,11H2,(H,19,23)/b21-14+. The lowest BCUT2D eigenvalue weighted by Gasteiger charge is -2.08. The summed E-state index contributed by atoms with van der Waals surface area (Å²) in [4.78, 5) is 12.1. The molecule has 4 N–H and O–H groups in total. The van der Waals surface area contributed by atoms with Crippen molar-refractivity contribution in [2.75, 3.05) is 24.6 Å². The molecule has 0 fully saturated rings. The van der Waals surface area contributed by atoms with Crippen molar-refractivity contribution in [2.24, 2.45) is 5.16 Å². The number of amides is 1. The molecule has 0 aliphatic rings. The third-order valence-corrected chi connectivity index (χ3v) is 9.13. The number of thiophene rings is 1. The van der Waals surface area contributed by atoms with Crippen LogP contribution in [0.2, 0.25) is 5.02 Å². The van der Waals surface area contributed by atoms with Gasteiger partial charge in [-0.2, -0.15) is 0 Å². The number of hydrogen-bond acceptors (Lipinski definition) is 9. The first-order chi connectivity index (χ1) is 14.3. The lowest BCUT2D eigenvalue weighted by atomic mass is 10.1. The van der Waals surface area contributed by atoms with Gasteiger partial charge in [-0.3, -0.25) is 4.79 Å². The van der Waals surface area contributed by atoms with Crippen molar-refractivity contribution in [3.63, 3.8) is 0 Å². The Bertz CT molecular complexity index is 968. The average Bonchev–Trinajstić information content (AvgIpc) is 3.26. The van der Waals surface area contributed by atoms with Crippen LogP contribution in [0.25, 0.3) is 0 Å². The van der Waals surface area contributed by atoms with Crippen molar-refractivity contribution in [1.82, 2.24) is 10.0 Å². The van der Waals surface area contributed by atoms with Crippen LogP contribution in [0.5, 0.6) is 5.75 Å². The largest absolute Gasteiger partial charge is 0.506 e. The van der Waals surface area contributed by atoms with Gasteiger partial charge in [-0.1, -0.05) is 50.5 Å². The Labute approximate surface area is 191 Å². The first-order valence-electron chi connectivity index (χ1n) is 8.57. The van der Waals surface area contributed by atoms with Crippen LogP contribution < -0.4 is 10.0 Å². The molecule has 8 nitrogen and oxygen atoms in total. The minimum atomic E-state index is -3.44. The Morgan fingerprint density at radius 1 is 1.20 bits per heavy atom. The molecule has 13 heteroatoms. The Balaban J connectivity index is 1.61. The molecule has 0 radical (unpaired) electrons. The maximum absolute atomic E-state index is 12.1. The van der Waals surface area contributed by atoms with Crippen molar-refractivity contribution in [1.29, 1.82) is 0 Å². The summed E-state index contributed by atoms with van der Waals surface area (Å²) < 4.78 is 26.7. The molecule has 0 bridgehead atoms. The minimum Gasteiger partial charge on any atom is -0.506 e. The molecule has 0 aliphatic carbocycles. The summed E-state index contributed by atoms with van der Waals surface area (Å²) in [6.07, 6.45) is 0.0641. The topological polar surface area (TPSA) is 128 Å². The molecule has 30 heavy (non-hydrogen) atoms. The summed E-state index contributed by atoms with van der Waals surface area (Å²) in [5, 5.41) is 26.1. The van der Waals surface area contributed by atoms with Crippen molar-refractivity contribution < 1.29 is 23.5 Å². The molecule has 0 saturated carbocycles. The summed E-state index contributed by atoms with van der Waals surface area (Å²) in [6, 6.07) is 7.72. The summed E-state index contributed by atoms with van der Waals surface area (Å²) in [7, 11) is -0.460. The van der Waals surface area contributed by atoms with Gasteiger partial charge < -0.3 is 15.6 Å². The highest BCUT2D eigenvalue weighted by Gasteiger charge is 2.15. The number of aromatic hydroxyl groups is 1. The van der Waals surface area contributed by atoms with E-state index in [0.717, 1.165) is 0 Å². The second-order valence-corrected chi connectivity index (χ2v) is 11.8. The molecule has 0 atom stereocenters. The third kappa shape index (κ3) is 8.00. The van der Waals surface area contributed by atoms with Crippen molar-refractivity contribution >= 4 is 66.2 Å². The van der Waals surface area contributed by atoms with Gasteiger partial charge in [-0.05, 0) is 29.1 Å². The number of nitrogens with zero attached hydrogens (tertiary/aromatic N) is 1. The number of halogens is 1. The van der Waals surface area contributed by atoms with Gasteiger partial charge in [0.25, 0.3) is 5.91 Å². The van der Waals surface area contributed by atoms with E-state index in [1.807, 2.05) is 0 Å². The van der Waals surface area contributed by atoms with Gasteiger partial charge >= 0.3 is 0 Å². The van der Waals surface area contributed by atoms with Crippen molar-refractivity contribution in [2.45, 2.75) is 10.6 Å². The smallest absolute Gasteiger partial charge is 0.269 e. The molecule has 2 rings (SSSR count). The Morgan fingerprint density at radius 3 is 2.57 bits per heavy atom. The molecule has 1 heterocycles. The van der Waals surface area contributed by atoms with Crippen LogP contribution in [0.3, 0.4) is 0 Å². The van der Waals surface area contributed by atoms with E-state index in [9.17, 15) is 18.3 Å². The van der Waals surface area contributed by atoms with Gasteiger partial charge in [0.15, 0.2) is 0 Å². The summed E-state index contributed by atoms with van der Waals surface area (Å²) in [6.45, 7) is 0.660. The fourth-order valence-corrected chi connectivity index (χ4v) is 6.36. The summed E-state index contributed by atoms with van der Waals surface area (Å²) in [5.41, 5.74) is 0.549. The predicted molar refractivity (Wildman–Crippen MR) is 123 cm³/mol. The molecule has 1 aromatic carbocycles. The highest BCUT2D eigenvalue weighted by atomic mass is 35.5.